The molecule has 1 unspecified atom stereocenters. The number of ether oxygens (including phenoxy) is 2. The summed E-state index contributed by atoms with van der Waals surface area (Å²) in [6.45, 7) is 3.93. The van der Waals surface area contributed by atoms with Crippen LogP contribution >= 0.6 is 27.7 Å². The Labute approximate surface area is 144 Å². The van der Waals surface area contributed by atoms with E-state index in [4.69, 9.17) is 9.47 Å². The van der Waals surface area contributed by atoms with Gasteiger partial charge in [0.2, 0.25) is 0 Å². The van der Waals surface area contributed by atoms with Crippen molar-refractivity contribution in [2.75, 3.05) is 25.2 Å². The molecular weight excluding hydrogens is 368 g/mol. The molecule has 0 bridgehead atoms. The van der Waals surface area contributed by atoms with Crippen molar-refractivity contribution >= 4 is 39.6 Å². The summed E-state index contributed by atoms with van der Waals surface area (Å²) in [6.07, 6.45) is 1.94. The maximum atomic E-state index is 12.3. The Hall–Kier alpha value is -1.01. The summed E-state index contributed by atoms with van der Waals surface area (Å²) in [6, 6.07) is 7.62. The second-order valence-electron chi connectivity index (χ2n) is 4.60. The number of hydrogen-bond donors (Lipinski definition) is 0. The van der Waals surface area contributed by atoms with E-state index in [-0.39, 0.29) is 19.1 Å². The van der Waals surface area contributed by atoms with Gasteiger partial charge in [0.1, 0.15) is 0 Å². The van der Waals surface area contributed by atoms with Crippen LogP contribution in [0.15, 0.2) is 28.7 Å². The summed E-state index contributed by atoms with van der Waals surface area (Å²) in [5.74, 6) is -1.63. The molecule has 1 atom stereocenters. The molecule has 1 aromatic carbocycles. The molecule has 0 heterocycles. The summed E-state index contributed by atoms with van der Waals surface area (Å²) in [5.41, 5.74) is 0.920. The minimum atomic E-state index is -0.937. The smallest absolute Gasteiger partial charge is 0.320 e. The Morgan fingerprint density at radius 2 is 1.59 bits per heavy atom. The molecule has 22 heavy (non-hydrogen) atoms. The highest BCUT2D eigenvalue weighted by Gasteiger charge is 2.38. The topological polar surface area (TPSA) is 52.6 Å². The van der Waals surface area contributed by atoms with Crippen LogP contribution < -0.4 is 0 Å². The molecule has 0 N–H and O–H groups in total. The monoisotopic (exact) mass is 388 g/mol. The van der Waals surface area contributed by atoms with Gasteiger partial charge in [0.15, 0.2) is 5.92 Å². The predicted octanol–water partition coefficient (Wildman–Crippen LogP) is 3.64. The van der Waals surface area contributed by atoms with E-state index in [1.54, 1.807) is 25.6 Å². The average molecular weight is 389 g/mol. The first-order valence-electron chi connectivity index (χ1n) is 7.12. The fraction of sp³-hybridized carbons (Fsp3) is 0.500. The average Bonchev–Trinajstić information content (AvgIpc) is 2.48. The molecule has 0 amide bonds. The first-order chi connectivity index (χ1) is 10.5. The van der Waals surface area contributed by atoms with Gasteiger partial charge in [0.05, 0.1) is 13.2 Å². The lowest BCUT2D eigenvalue weighted by molar-refractivity contribution is -0.162. The molecule has 6 heteroatoms. The second kappa shape index (κ2) is 9.90. The molecule has 0 fully saturated rings. The predicted molar refractivity (Wildman–Crippen MR) is 92.0 cm³/mol. The largest absolute Gasteiger partial charge is 0.465 e. The Balaban J connectivity index is 3.15. The van der Waals surface area contributed by atoms with Crippen molar-refractivity contribution in [2.24, 2.45) is 5.92 Å². The van der Waals surface area contributed by atoms with Gasteiger partial charge in [-0.25, -0.2) is 0 Å². The van der Waals surface area contributed by atoms with E-state index in [1.807, 2.05) is 30.5 Å². The summed E-state index contributed by atoms with van der Waals surface area (Å²) >= 11 is 4.97. The third-order valence-corrected chi connectivity index (χ3v) is 4.35. The zero-order chi connectivity index (χ0) is 16.5. The Kier molecular flexibility index (Phi) is 8.56. The molecule has 1 aromatic rings. The lowest BCUT2D eigenvalue weighted by atomic mass is 9.87. The molecular formula is C16H21BrO4S. The van der Waals surface area contributed by atoms with Crippen LogP contribution in [0.5, 0.6) is 0 Å². The van der Waals surface area contributed by atoms with Gasteiger partial charge in [-0.05, 0) is 37.8 Å². The fourth-order valence-electron chi connectivity index (χ4n) is 2.16. The minimum Gasteiger partial charge on any atom is -0.465 e. The molecule has 0 aliphatic rings. The third-order valence-electron chi connectivity index (χ3n) is 3.13. The van der Waals surface area contributed by atoms with Gasteiger partial charge in [0, 0.05) is 16.1 Å². The molecule has 0 spiro atoms. The van der Waals surface area contributed by atoms with Gasteiger partial charge in [-0.15, -0.1) is 0 Å². The summed E-state index contributed by atoms with van der Waals surface area (Å²) in [7, 11) is 0. The van der Waals surface area contributed by atoms with Crippen LogP contribution in [-0.4, -0.2) is 37.2 Å². The molecule has 0 saturated carbocycles. The number of rotatable bonds is 8. The van der Waals surface area contributed by atoms with Crippen LogP contribution in [0.4, 0.5) is 0 Å². The number of carbonyl (C=O) groups excluding carboxylic acids is 2. The van der Waals surface area contributed by atoms with Crippen LogP contribution in [0.1, 0.15) is 25.3 Å². The van der Waals surface area contributed by atoms with Gasteiger partial charge < -0.3 is 9.47 Å². The van der Waals surface area contributed by atoms with Crippen molar-refractivity contribution in [1.82, 2.24) is 0 Å². The van der Waals surface area contributed by atoms with Crippen molar-refractivity contribution in [2.45, 2.75) is 19.8 Å². The molecule has 0 aliphatic heterocycles. The lowest BCUT2D eigenvalue weighted by Gasteiger charge is -2.24. The molecule has 4 nitrogen and oxygen atoms in total. The van der Waals surface area contributed by atoms with Crippen LogP contribution in [0.2, 0.25) is 0 Å². The number of hydrogen-bond acceptors (Lipinski definition) is 5. The zero-order valence-corrected chi connectivity index (χ0v) is 15.4. The van der Waals surface area contributed by atoms with Gasteiger partial charge in [-0.3, -0.25) is 9.59 Å². The molecule has 0 radical (unpaired) electrons. The number of halogens is 1. The van der Waals surface area contributed by atoms with Crippen LogP contribution in [0.3, 0.4) is 0 Å². The van der Waals surface area contributed by atoms with Gasteiger partial charge in [0.25, 0.3) is 0 Å². The van der Waals surface area contributed by atoms with E-state index in [1.165, 1.54) is 0 Å². The second-order valence-corrected chi connectivity index (χ2v) is 6.42. The van der Waals surface area contributed by atoms with E-state index in [0.717, 1.165) is 10.0 Å². The summed E-state index contributed by atoms with van der Waals surface area (Å²) in [4.78, 5) is 24.5. The Bertz CT molecular complexity index is 471. The number of esters is 2. The van der Waals surface area contributed by atoms with E-state index < -0.39 is 17.9 Å². The quantitative estimate of drug-likeness (QED) is 0.502. The zero-order valence-electron chi connectivity index (χ0n) is 13.0. The Morgan fingerprint density at radius 1 is 1.09 bits per heavy atom. The van der Waals surface area contributed by atoms with E-state index in [0.29, 0.717) is 5.75 Å². The molecule has 0 aliphatic carbocycles. The van der Waals surface area contributed by atoms with Crippen molar-refractivity contribution in [1.29, 1.82) is 0 Å². The van der Waals surface area contributed by atoms with Gasteiger partial charge in [-0.1, -0.05) is 28.1 Å². The van der Waals surface area contributed by atoms with Crippen LogP contribution in [0.25, 0.3) is 0 Å². The lowest BCUT2D eigenvalue weighted by Crippen LogP contribution is -2.34. The van der Waals surface area contributed by atoms with E-state index in [9.17, 15) is 9.59 Å². The fourth-order valence-corrected chi connectivity index (χ4v) is 3.17. The van der Waals surface area contributed by atoms with E-state index in [2.05, 4.69) is 15.9 Å². The number of benzene rings is 1. The Morgan fingerprint density at radius 3 is 2.00 bits per heavy atom. The van der Waals surface area contributed by atoms with Crippen molar-refractivity contribution < 1.29 is 19.1 Å². The third kappa shape index (κ3) is 5.32. The van der Waals surface area contributed by atoms with E-state index >= 15 is 0 Å². The molecule has 122 valence electrons. The molecule has 0 aromatic heterocycles. The van der Waals surface area contributed by atoms with Crippen LogP contribution in [-0.2, 0) is 19.1 Å². The first-order valence-corrected chi connectivity index (χ1v) is 9.31. The van der Waals surface area contributed by atoms with Gasteiger partial charge >= 0.3 is 11.9 Å². The maximum Gasteiger partial charge on any atom is 0.320 e. The number of thioether (sulfide) groups is 1. The summed E-state index contributed by atoms with van der Waals surface area (Å²) in [5, 5.41) is 0. The maximum absolute atomic E-state index is 12.3. The standard InChI is InChI=1S/C16H21BrO4S/c1-4-20-15(18)14(16(19)21-5-2)13(10-22-3)11-6-8-12(17)9-7-11/h6-9,13-14H,4-5,10H2,1-3H3. The van der Waals surface area contributed by atoms with Crippen molar-refractivity contribution in [3.63, 3.8) is 0 Å². The SMILES string of the molecule is CCOC(=O)C(C(=O)OCC)C(CSC)c1ccc(Br)cc1. The van der Waals surface area contributed by atoms with Gasteiger partial charge in [-0.2, -0.15) is 11.8 Å². The highest BCUT2D eigenvalue weighted by atomic mass is 79.9. The van der Waals surface area contributed by atoms with Crippen molar-refractivity contribution in [3.05, 3.63) is 34.3 Å². The molecule has 1 rings (SSSR count). The van der Waals surface area contributed by atoms with Crippen LogP contribution in [0, 0.1) is 5.92 Å². The number of carbonyl (C=O) groups is 2. The highest BCUT2D eigenvalue weighted by molar-refractivity contribution is 9.10. The first kappa shape index (κ1) is 19.0. The minimum absolute atomic E-state index is 0.237. The highest BCUT2D eigenvalue weighted by Crippen LogP contribution is 2.31. The van der Waals surface area contributed by atoms with Crippen molar-refractivity contribution in [3.8, 4) is 0 Å². The molecule has 0 saturated heterocycles. The summed E-state index contributed by atoms with van der Waals surface area (Å²) < 4.78 is 11.1. The normalized spacial score (nSPS) is 12.0.